The molecule has 0 radical (unpaired) electrons. The molecule has 1 aromatic carbocycles. The van der Waals surface area contributed by atoms with Crippen LogP contribution in [0.2, 0.25) is 0 Å². The molecule has 1 saturated carbocycles. The molecule has 2 heterocycles. The van der Waals surface area contributed by atoms with Crippen LogP contribution in [0.25, 0.3) is 0 Å². The third kappa shape index (κ3) is 2.88. The maximum absolute atomic E-state index is 12.7. The number of piperidine rings is 1. The Morgan fingerprint density at radius 1 is 1.17 bits per heavy atom. The van der Waals surface area contributed by atoms with Crippen molar-refractivity contribution >= 4 is 5.91 Å². The zero-order chi connectivity index (χ0) is 16.5. The molecule has 1 N–H and O–H groups in total. The first-order valence-electron chi connectivity index (χ1n) is 8.60. The number of likely N-dealkylation sites (tertiary alicyclic amines) is 1. The van der Waals surface area contributed by atoms with Crippen LogP contribution in [0.4, 0.5) is 0 Å². The number of hydrogen-bond acceptors (Lipinski definition) is 4. The average Bonchev–Trinajstić information content (AvgIpc) is 3.38. The molecule has 2 aromatic rings. The van der Waals surface area contributed by atoms with Gasteiger partial charge in [-0.3, -0.25) is 9.89 Å². The summed E-state index contributed by atoms with van der Waals surface area (Å²) in [6.45, 7) is 1.47. The summed E-state index contributed by atoms with van der Waals surface area (Å²) < 4.78 is 5.31. The van der Waals surface area contributed by atoms with Crippen LogP contribution in [0, 0.1) is 0 Å². The van der Waals surface area contributed by atoms with Crippen LogP contribution >= 0.6 is 0 Å². The van der Waals surface area contributed by atoms with Crippen molar-refractivity contribution in [3.8, 4) is 5.75 Å². The number of H-pyrrole nitrogens is 1. The summed E-state index contributed by atoms with van der Waals surface area (Å²) in [5.74, 6) is 3.57. The van der Waals surface area contributed by atoms with Gasteiger partial charge in [0, 0.05) is 24.9 Å². The van der Waals surface area contributed by atoms with E-state index in [0.29, 0.717) is 23.1 Å². The predicted octanol–water partition coefficient (Wildman–Crippen LogP) is 2.71. The molecule has 126 valence electrons. The van der Waals surface area contributed by atoms with E-state index in [-0.39, 0.29) is 5.91 Å². The van der Waals surface area contributed by atoms with Gasteiger partial charge in [-0.2, -0.15) is 5.10 Å². The van der Waals surface area contributed by atoms with E-state index in [4.69, 9.17) is 4.74 Å². The van der Waals surface area contributed by atoms with Crippen molar-refractivity contribution in [2.24, 2.45) is 0 Å². The van der Waals surface area contributed by atoms with Crippen LogP contribution in [0.5, 0.6) is 5.75 Å². The number of nitrogens with zero attached hydrogens (tertiary/aromatic N) is 3. The summed E-state index contributed by atoms with van der Waals surface area (Å²) in [7, 11) is 1.60. The SMILES string of the molecule is COc1ccccc1C(=O)N1CCC(c2nc(C3CC3)n[nH]2)CC1. The van der Waals surface area contributed by atoms with Crippen molar-refractivity contribution < 1.29 is 9.53 Å². The van der Waals surface area contributed by atoms with E-state index < -0.39 is 0 Å². The molecule has 2 aliphatic rings. The van der Waals surface area contributed by atoms with Crippen molar-refractivity contribution in [2.75, 3.05) is 20.2 Å². The fourth-order valence-corrected chi connectivity index (χ4v) is 3.34. The van der Waals surface area contributed by atoms with Gasteiger partial charge in [0.1, 0.15) is 11.6 Å². The van der Waals surface area contributed by atoms with E-state index in [2.05, 4.69) is 15.2 Å². The molecule has 1 saturated heterocycles. The lowest BCUT2D eigenvalue weighted by Gasteiger charge is -2.31. The van der Waals surface area contributed by atoms with Gasteiger partial charge in [-0.1, -0.05) is 12.1 Å². The summed E-state index contributed by atoms with van der Waals surface area (Å²) in [6.07, 6.45) is 4.26. The minimum atomic E-state index is 0.0436. The highest BCUT2D eigenvalue weighted by Gasteiger charge is 2.31. The molecule has 24 heavy (non-hydrogen) atoms. The van der Waals surface area contributed by atoms with E-state index in [9.17, 15) is 4.79 Å². The van der Waals surface area contributed by atoms with Crippen molar-refractivity contribution in [2.45, 2.75) is 37.5 Å². The number of nitrogens with one attached hydrogen (secondary N) is 1. The maximum atomic E-state index is 12.7. The standard InChI is InChI=1S/C18H22N4O2/c1-24-15-5-3-2-4-14(15)18(23)22-10-8-13(9-11-22)17-19-16(20-21-17)12-6-7-12/h2-5,12-13H,6-11H2,1H3,(H,19,20,21). The lowest BCUT2D eigenvalue weighted by molar-refractivity contribution is 0.0708. The van der Waals surface area contributed by atoms with E-state index in [0.717, 1.165) is 37.6 Å². The van der Waals surface area contributed by atoms with Gasteiger partial charge in [-0.15, -0.1) is 0 Å². The Morgan fingerprint density at radius 3 is 2.62 bits per heavy atom. The van der Waals surface area contributed by atoms with Gasteiger partial charge in [0.05, 0.1) is 12.7 Å². The van der Waals surface area contributed by atoms with Gasteiger partial charge in [0.2, 0.25) is 0 Å². The maximum Gasteiger partial charge on any atom is 0.257 e. The highest BCUT2D eigenvalue weighted by molar-refractivity contribution is 5.97. The van der Waals surface area contributed by atoms with Crippen LogP contribution in [-0.2, 0) is 0 Å². The third-order valence-electron chi connectivity index (χ3n) is 4.97. The van der Waals surface area contributed by atoms with Crippen LogP contribution in [0.1, 0.15) is 59.5 Å². The fourth-order valence-electron chi connectivity index (χ4n) is 3.34. The molecular weight excluding hydrogens is 304 g/mol. The predicted molar refractivity (Wildman–Crippen MR) is 89.2 cm³/mol. The zero-order valence-electron chi connectivity index (χ0n) is 13.9. The molecule has 0 unspecified atom stereocenters. The Balaban J connectivity index is 1.40. The molecule has 2 fully saturated rings. The van der Waals surface area contributed by atoms with Crippen LogP contribution in [-0.4, -0.2) is 46.2 Å². The lowest BCUT2D eigenvalue weighted by Crippen LogP contribution is -2.38. The first-order chi connectivity index (χ1) is 11.8. The number of ether oxygens (including phenoxy) is 1. The Hall–Kier alpha value is -2.37. The number of hydrogen-bond donors (Lipinski definition) is 1. The smallest absolute Gasteiger partial charge is 0.257 e. The molecule has 0 spiro atoms. The second-order valence-corrected chi connectivity index (χ2v) is 6.62. The van der Waals surface area contributed by atoms with Crippen molar-refractivity contribution in [3.05, 3.63) is 41.5 Å². The zero-order valence-corrected chi connectivity index (χ0v) is 13.9. The molecule has 0 bridgehead atoms. The number of benzene rings is 1. The lowest BCUT2D eigenvalue weighted by atomic mass is 9.95. The highest BCUT2D eigenvalue weighted by Crippen LogP contribution is 2.38. The van der Waals surface area contributed by atoms with Gasteiger partial charge < -0.3 is 9.64 Å². The molecule has 4 rings (SSSR count). The van der Waals surface area contributed by atoms with Crippen LogP contribution < -0.4 is 4.74 Å². The summed E-state index contributed by atoms with van der Waals surface area (Å²) in [6, 6.07) is 7.40. The monoisotopic (exact) mass is 326 g/mol. The number of rotatable bonds is 4. The Labute approximate surface area is 141 Å². The average molecular weight is 326 g/mol. The largest absolute Gasteiger partial charge is 0.496 e. The quantitative estimate of drug-likeness (QED) is 0.938. The number of methoxy groups -OCH3 is 1. The first-order valence-corrected chi connectivity index (χ1v) is 8.60. The summed E-state index contributed by atoms with van der Waals surface area (Å²) in [4.78, 5) is 19.3. The third-order valence-corrected chi connectivity index (χ3v) is 4.97. The molecule has 1 amide bonds. The number of amides is 1. The number of aromatic amines is 1. The molecule has 6 nitrogen and oxygen atoms in total. The van der Waals surface area contributed by atoms with Gasteiger partial charge >= 0.3 is 0 Å². The summed E-state index contributed by atoms with van der Waals surface area (Å²) in [5.41, 5.74) is 0.633. The first kappa shape index (κ1) is 15.2. The van der Waals surface area contributed by atoms with Crippen molar-refractivity contribution in [1.82, 2.24) is 20.1 Å². The highest BCUT2D eigenvalue weighted by atomic mass is 16.5. The Kier molecular flexibility index (Phi) is 3.96. The van der Waals surface area contributed by atoms with Crippen LogP contribution in [0.15, 0.2) is 24.3 Å². The minimum Gasteiger partial charge on any atom is -0.496 e. The van der Waals surface area contributed by atoms with Gasteiger partial charge in [0.15, 0.2) is 5.82 Å². The topological polar surface area (TPSA) is 71.1 Å². The second kappa shape index (κ2) is 6.26. The van der Waals surface area contributed by atoms with Crippen molar-refractivity contribution in [3.63, 3.8) is 0 Å². The molecule has 0 atom stereocenters. The molecule has 1 aliphatic carbocycles. The van der Waals surface area contributed by atoms with Gasteiger partial charge in [-0.25, -0.2) is 4.98 Å². The minimum absolute atomic E-state index is 0.0436. The number of carbonyl (C=O) groups excluding carboxylic acids is 1. The van der Waals surface area contributed by atoms with Gasteiger partial charge in [-0.05, 0) is 37.8 Å². The molecule has 1 aromatic heterocycles. The van der Waals surface area contributed by atoms with Crippen molar-refractivity contribution in [1.29, 1.82) is 0 Å². The van der Waals surface area contributed by atoms with E-state index in [1.807, 2.05) is 29.2 Å². The second-order valence-electron chi connectivity index (χ2n) is 6.62. The summed E-state index contributed by atoms with van der Waals surface area (Å²) in [5, 5.41) is 7.45. The molecular formula is C18H22N4O2. The van der Waals surface area contributed by atoms with Gasteiger partial charge in [0.25, 0.3) is 5.91 Å². The van der Waals surface area contributed by atoms with E-state index >= 15 is 0 Å². The molecule has 6 heteroatoms. The van der Waals surface area contributed by atoms with E-state index in [1.54, 1.807) is 7.11 Å². The Morgan fingerprint density at radius 2 is 1.92 bits per heavy atom. The number of aromatic nitrogens is 3. The summed E-state index contributed by atoms with van der Waals surface area (Å²) >= 11 is 0. The van der Waals surface area contributed by atoms with Crippen LogP contribution in [0.3, 0.4) is 0 Å². The fraction of sp³-hybridized carbons (Fsp3) is 0.500. The molecule has 1 aliphatic heterocycles. The Bertz CT molecular complexity index is 730. The van der Waals surface area contributed by atoms with E-state index in [1.165, 1.54) is 12.8 Å². The number of para-hydroxylation sites is 1. The normalized spacial score (nSPS) is 18.6. The number of carbonyl (C=O) groups is 1.